The van der Waals surface area contributed by atoms with Crippen LogP contribution in [0, 0.1) is 12.3 Å². The minimum atomic E-state index is -3.55. The molecule has 0 spiro atoms. The van der Waals surface area contributed by atoms with Crippen LogP contribution in [0.15, 0.2) is 29.2 Å². The van der Waals surface area contributed by atoms with E-state index in [9.17, 15) is 8.42 Å². The lowest BCUT2D eigenvalue weighted by molar-refractivity contribution is 0.564. The zero-order valence-electron chi connectivity index (χ0n) is 12.9. The Hall–Kier alpha value is -1.35. The maximum absolute atomic E-state index is 12.2. The molecule has 0 saturated heterocycles. The Bertz CT molecular complexity index is 571. The van der Waals surface area contributed by atoms with Gasteiger partial charge < -0.3 is 5.32 Å². The highest BCUT2D eigenvalue weighted by Crippen LogP contribution is 2.12. The summed E-state index contributed by atoms with van der Waals surface area (Å²) in [5, 5.41) is 3.29. The van der Waals surface area contributed by atoms with Gasteiger partial charge >= 0.3 is 0 Å². The van der Waals surface area contributed by atoms with Gasteiger partial charge in [0, 0.05) is 12.6 Å². The molecule has 2 N–H and O–H groups in total. The fourth-order valence-corrected chi connectivity index (χ4v) is 3.02. The van der Waals surface area contributed by atoms with E-state index in [1.165, 1.54) is 0 Å². The molecule has 0 aliphatic heterocycles. The zero-order chi connectivity index (χ0) is 15.9. The molecule has 0 fully saturated rings. The van der Waals surface area contributed by atoms with Crippen molar-refractivity contribution in [1.29, 1.82) is 0 Å². The average molecular weight is 308 g/mol. The summed E-state index contributed by atoms with van der Waals surface area (Å²) in [5.74, 6) is 2.47. The van der Waals surface area contributed by atoms with Crippen molar-refractivity contribution in [3.05, 3.63) is 29.8 Å². The molecule has 0 bridgehead atoms. The van der Waals surface area contributed by atoms with Gasteiger partial charge in [-0.25, -0.2) is 8.42 Å². The minimum Gasteiger partial charge on any atom is -0.310 e. The van der Waals surface area contributed by atoms with Gasteiger partial charge in [-0.15, -0.1) is 6.42 Å². The molecule has 116 valence electrons. The number of hydrogen-bond donors (Lipinski definition) is 2. The van der Waals surface area contributed by atoms with Crippen molar-refractivity contribution < 1.29 is 8.42 Å². The number of benzene rings is 1. The lowest BCUT2D eigenvalue weighted by Crippen LogP contribution is -2.33. The van der Waals surface area contributed by atoms with Gasteiger partial charge in [0.25, 0.3) is 0 Å². The van der Waals surface area contributed by atoms with Crippen LogP contribution in [0.25, 0.3) is 0 Å². The van der Waals surface area contributed by atoms with Crippen molar-refractivity contribution in [1.82, 2.24) is 10.0 Å². The van der Waals surface area contributed by atoms with Crippen LogP contribution < -0.4 is 10.0 Å². The molecule has 1 atom stereocenters. The molecule has 0 aromatic heterocycles. The highest BCUT2D eigenvalue weighted by atomic mass is 32.2. The first-order chi connectivity index (χ1) is 9.89. The van der Waals surface area contributed by atoms with Gasteiger partial charge in [-0.3, -0.25) is 0 Å². The molecule has 4 nitrogen and oxygen atoms in total. The highest BCUT2D eigenvalue weighted by Gasteiger charge is 2.18. The Morgan fingerprint density at radius 3 is 2.33 bits per heavy atom. The van der Waals surface area contributed by atoms with E-state index in [1.54, 1.807) is 12.1 Å². The van der Waals surface area contributed by atoms with E-state index in [0.29, 0.717) is 19.0 Å². The van der Waals surface area contributed by atoms with Gasteiger partial charge in [-0.1, -0.05) is 45.2 Å². The fraction of sp³-hybridized carbons (Fsp3) is 0.500. The standard InChI is InChI=1S/C16H24N2O2S/c1-5-7-15(6-2)18-21(19,20)16-10-8-14(9-11-16)12-17-13(3)4/h2,8-11,13,15,17-18H,5,7,12H2,1,3-4H3. The second kappa shape index (κ2) is 8.18. The molecule has 1 rings (SSSR count). The van der Waals surface area contributed by atoms with Crippen molar-refractivity contribution in [2.75, 3.05) is 0 Å². The monoisotopic (exact) mass is 308 g/mol. The molecule has 0 amide bonds. The lowest BCUT2D eigenvalue weighted by atomic mass is 10.2. The summed E-state index contributed by atoms with van der Waals surface area (Å²) in [7, 11) is -3.55. The first-order valence-corrected chi connectivity index (χ1v) is 8.68. The van der Waals surface area contributed by atoms with Crippen molar-refractivity contribution in [2.45, 2.75) is 57.1 Å². The summed E-state index contributed by atoms with van der Waals surface area (Å²) in [6, 6.07) is 6.78. The van der Waals surface area contributed by atoms with Crippen LogP contribution in [0.1, 0.15) is 39.2 Å². The molecule has 1 unspecified atom stereocenters. The van der Waals surface area contributed by atoms with Crippen molar-refractivity contribution in [2.24, 2.45) is 0 Å². The van der Waals surface area contributed by atoms with Gasteiger partial charge in [-0.05, 0) is 24.1 Å². The Balaban J connectivity index is 2.78. The first-order valence-electron chi connectivity index (χ1n) is 7.19. The number of hydrogen-bond acceptors (Lipinski definition) is 3. The molecular weight excluding hydrogens is 284 g/mol. The van der Waals surface area contributed by atoms with E-state index in [0.717, 1.165) is 12.0 Å². The molecule has 0 saturated carbocycles. The molecule has 0 aliphatic carbocycles. The maximum Gasteiger partial charge on any atom is 0.241 e. The zero-order valence-corrected chi connectivity index (χ0v) is 13.7. The molecule has 21 heavy (non-hydrogen) atoms. The van der Waals surface area contributed by atoms with Crippen LogP contribution >= 0.6 is 0 Å². The number of sulfonamides is 1. The maximum atomic E-state index is 12.2. The predicted octanol–water partition coefficient (Wildman–Crippen LogP) is 2.26. The van der Waals surface area contributed by atoms with Gasteiger partial charge in [0.05, 0.1) is 10.9 Å². The molecule has 1 aromatic carbocycles. The number of rotatable bonds is 8. The van der Waals surface area contributed by atoms with Crippen LogP contribution in [-0.4, -0.2) is 20.5 Å². The number of nitrogens with one attached hydrogen (secondary N) is 2. The molecule has 1 aromatic rings. The normalized spacial score (nSPS) is 13.1. The third-order valence-corrected chi connectivity index (χ3v) is 4.51. The van der Waals surface area contributed by atoms with Crippen molar-refractivity contribution in [3.63, 3.8) is 0 Å². The molecule has 0 radical (unpaired) electrons. The topological polar surface area (TPSA) is 58.2 Å². The first kappa shape index (κ1) is 17.7. The third-order valence-electron chi connectivity index (χ3n) is 3.02. The Kier molecular flexibility index (Phi) is 6.90. The van der Waals surface area contributed by atoms with E-state index in [1.807, 2.05) is 19.1 Å². The van der Waals surface area contributed by atoms with Crippen LogP contribution in [0.5, 0.6) is 0 Å². The van der Waals surface area contributed by atoms with Crippen LogP contribution in [-0.2, 0) is 16.6 Å². The summed E-state index contributed by atoms with van der Waals surface area (Å²) in [6.45, 7) is 6.82. The van der Waals surface area contributed by atoms with Gasteiger partial charge in [0.15, 0.2) is 0 Å². The van der Waals surface area contributed by atoms with E-state index >= 15 is 0 Å². The van der Waals surface area contributed by atoms with Crippen LogP contribution in [0.3, 0.4) is 0 Å². The van der Waals surface area contributed by atoms with Gasteiger partial charge in [0.1, 0.15) is 0 Å². The average Bonchev–Trinajstić information content (AvgIpc) is 2.45. The Morgan fingerprint density at radius 2 is 1.86 bits per heavy atom. The van der Waals surface area contributed by atoms with Crippen LogP contribution in [0.2, 0.25) is 0 Å². The highest BCUT2D eigenvalue weighted by molar-refractivity contribution is 7.89. The van der Waals surface area contributed by atoms with Gasteiger partial charge in [-0.2, -0.15) is 4.72 Å². The van der Waals surface area contributed by atoms with E-state index in [-0.39, 0.29) is 4.90 Å². The largest absolute Gasteiger partial charge is 0.310 e. The van der Waals surface area contributed by atoms with Gasteiger partial charge in [0.2, 0.25) is 10.0 Å². The predicted molar refractivity (Wildman–Crippen MR) is 86.3 cm³/mol. The lowest BCUT2D eigenvalue weighted by Gasteiger charge is -2.13. The third kappa shape index (κ3) is 5.88. The van der Waals surface area contributed by atoms with Crippen molar-refractivity contribution >= 4 is 10.0 Å². The second-order valence-corrected chi connectivity index (χ2v) is 7.02. The smallest absolute Gasteiger partial charge is 0.241 e. The van der Waals surface area contributed by atoms with Crippen LogP contribution in [0.4, 0.5) is 0 Å². The quantitative estimate of drug-likeness (QED) is 0.724. The van der Waals surface area contributed by atoms with E-state index < -0.39 is 16.1 Å². The number of terminal acetylenes is 1. The molecular formula is C16H24N2O2S. The summed E-state index contributed by atoms with van der Waals surface area (Å²) in [4.78, 5) is 0.243. The second-order valence-electron chi connectivity index (χ2n) is 5.31. The molecule has 5 heteroatoms. The summed E-state index contributed by atoms with van der Waals surface area (Å²) >= 11 is 0. The summed E-state index contributed by atoms with van der Waals surface area (Å²) in [5.41, 5.74) is 1.05. The summed E-state index contributed by atoms with van der Waals surface area (Å²) in [6.07, 6.45) is 6.81. The summed E-state index contributed by atoms with van der Waals surface area (Å²) < 4.78 is 27.0. The van der Waals surface area contributed by atoms with E-state index in [4.69, 9.17) is 6.42 Å². The fourth-order valence-electron chi connectivity index (χ4n) is 1.83. The van der Waals surface area contributed by atoms with Crippen molar-refractivity contribution in [3.8, 4) is 12.3 Å². The van der Waals surface area contributed by atoms with E-state index in [2.05, 4.69) is 29.8 Å². The SMILES string of the molecule is C#CC(CCC)NS(=O)(=O)c1ccc(CNC(C)C)cc1. The Labute approximate surface area is 128 Å². The molecule has 0 heterocycles. The Morgan fingerprint density at radius 1 is 1.24 bits per heavy atom. The molecule has 0 aliphatic rings. The minimum absolute atomic E-state index is 0.243.